The molecule has 2 N–H and O–H groups in total. The normalized spacial score (nSPS) is 14.6. The summed E-state index contributed by atoms with van der Waals surface area (Å²) in [6, 6.07) is 8.57. The molecule has 3 rings (SSSR count). The first kappa shape index (κ1) is 19.2. The van der Waals surface area contributed by atoms with Gasteiger partial charge in [0.1, 0.15) is 5.82 Å². The van der Waals surface area contributed by atoms with Gasteiger partial charge in [0.2, 0.25) is 5.91 Å². The van der Waals surface area contributed by atoms with E-state index in [1.54, 1.807) is 29.2 Å². The predicted molar refractivity (Wildman–Crippen MR) is 107 cm³/mol. The number of fused-ring (bicyclic) bond motifs is 1. The average molecular weight is 388 g/mol. The van der Waals surface area contributed by atoms with Crippen LogP contribution in [0.15, 0.2) is 41.4 Å². The van der Waals surface area contributed by atoms with Crippen molar-refractivity contribution in [1.29, 1.82) is 0 Å². The number of hydrogen-bond donors (Lipinski definition) is 2. The Morgan fingerprint density at radius 2 is 2.07 bits per heavy atom. The fraction of sp³-hybridized carbons (Fsp3) is 0.368. The molecule has 0 fully saturated rings. The van der Waals surface area contributed by atoms with Gasteiger partial charge in [0, 0.05) is 25.2 Å². The van der Waals surface area contributed by atoms with Crippen molar-refractivity contribution in [3.05, 3.63) is 42.1 Å². The Morgan fingerprint density at radius 1 is 1.30 bits per heavy atom. The molecular formula is C19H24N4O3S. The van der Waals surface area contributed by atoms with Crippen LogP contribution in [0, 0.1) is 0 Å². The van der Waals surface area contributed by atoms with E-state index < -0.39 is 10.0 Å². The van der Waals surface area contributed by atoms with Crippen molar-refractivity contribution in [3.8, 4) is 0 Å². The first-order chi connectivity index (χ1) is 12.8. The van der Waals surface area contributed by atoms with Crippen LogP contribution in [0.3, 0.4) is 0 Å². The predicted octanol–water partition coefficient (Wildman–Crippen LogP) is 3.00. The van der Waals surface area contributed by atoms with Crippen molar-refractivity contribution >= 4 is 33.1 Å². The SMILES string of the molecule is CCC(C)Nc1ccc(NS(=O)(=O)c2ccc3c(c2)CCN3C(C)=O)cn1. The lowest BCUT2D eigenvalue weighted by molar-refractivity contribution is -0.116. The molecule has 1 aromatic carbocycles. The number of amides is 1. The Morgan fingerprint density at radius 3 is 2.70 bits per heavy atom. The number of rotatable bonds is 6. The smallest absolute Gasteiger partial charge is 0.261 e. The van der Waals surface area contributed by atoms with Crippen molar-refractivity contribution in [2.45, 2.75) is 44.6 Å². The van der Waals surface area contributed by atoms with Crippen molar-refractivity contribution in [2.75, 3.05) is 21.5 Å². The van der Waals surface area contributed by atoms with E-state index in [9.17, 15) is 13.2 Å². The number of pyridine rings is 1. The summed E-state index contributed by atoms with van der Waals surface area (Å²) in [5, 5.41) is 3.23. The molecule has 2 aromatic rings. The molecule has 0 saturated carbocycles. The van der Waals surface area contributed by atoms with Crippen LogP contribution in [-0.2, 0) is 21.2 Å². The Kier molecular flexibility index (Phi) is 5.36. The van der Waals surface area contributed by atoms with Crippen LogP contribution in [0.25, 0.3) is 0 Å². The monoisotopic (exact) mass is 388 g/mol. The second-order valence-electron chi connectivity index (χ2n) is 6.70. The third kappa shape index (κ3) is 4.21. The summed E-state index contributed by atoms with van der Waals surface area (Å²) < 4.78 is 27.9. The first-order valence-corrected chi connectivity index (χ1v) is 10.4. The molecule has 27 heavy (non-hydrogen) atoms. The van der Waals surface area contributed by atoms with Crippen LogP contribution in [0.4, 0.5) is 17.2 Å². The molecular weight excluding hydrogens is 364 g/mol. The van der Waals surface area contributed by atoms with Crippen molar-refractivity contribution in [1.82, 2.24) is 4.98 Å². The van der Waals surface area contributed by atoms with E-state index in [0.29, 0.717) is 30.5 Å². The van der Waals surface area contributed by atoms with Gasteiger partial charge >= 0.3 is 0 Å². The van der Waals surface area contributed by atoms with Crippen molar-refractivity contribution < 1.29 is 13.2 Å². The average Bonchev–Trinajstić information content (AvgIpc) is 3.06. The van der Waals surface area contributed by atoms with E-state index in [4.69, 9.17) is 0 Å². The van der Waals surface area contributed by atoms with Crippen LogP contribution in [0.1, 0.15) is 32.8 Å². The molecule has 0 bridgehead atoms. The Labute approximate surface area is 159 Å². The summed E-state index contributed by atoms with van der Waals surface area (Å²) in [7, 11) is -3.73. The Balaban J connectivity index is 1.76. The lowest BCUT2D eigenvalue weighted by Crippen LogP contribution is -2.25. The highest BCUT2D eigenvalue weighted by Crippen LogP contribution is 2.30. The summed E-state index contributed by atoms with van der Waals surface area (Å²) in [5.41, 5.74) is 2.04. The van der Waals surface area contributed by atoms with E-state index in [-0.39, 0.29) is 10.8 Å². The lowest BCUT2D eigenvalue weighted by Gasteiger charge is -2.15. The lowest BCUT2D eigenvalue weighted by atomic mass is 10.2. The van der Waals surface area contributed by atoms with Gasteiger partial charge in [-0.25, -0.2) is 13.4 Å². The van der Waals surface area contributed by atoms with Crippen molar-refractivity contribution in [2.24, 2.45) is 0 Å². The number of aromatic nitrogens is 1. The van der Waals surface area contributed by atoms with Crippen LogP contribution >= 0.6 is 0 Å². The third-order valence-corrected chi connectivity index (χ3v) is 6.04. The second kappa shape index (κ2) is 7.56. The number of nitrogens with one attached hydrogen (secondary N) is 2. The highest BCUT2D eigenvalue weighted by Gasteiger charge is 2.24. The van der Waals surface area contributed by atoms with Gasteiger partial charge in [-0.05, 0) is 55.7 Å². The van der Waals surface area contributed by atoms with Gasteiger partial charge in [-0.15, -0.1) is 0 Å². The van der Waals surface area contributed by atoms with Gasteiger partial charge in [-0.1, -0.05) is 6.92 Å². The number of anilines is 3. The summed E-state index contributed by atoms with van der Waals surface area (Å²) in [5.74, 6) is 0.661. The number of benzene rings is 1. The molecule has 144 valence electrons. The minimum Gasteiger partial charge on any atom is -0.368 e. The first-order valence-electron chi connectivity index (χ1n) is 8.96. The van der Waals surface area contributed by atoms with E-state index in [0.717, 1.165) is 17.7 Å². The van der Waals surface area contributed by atoms with Crippen LogP contribution in [0.2, 0.25) is 0 Å². The molecule has 1 aliphatic heterocycles. The standard InChI is InChI=1S/C19H24N4O3S/c1-4-13(2)21-19-8-5-16(12-20-19)22-27(25,26)17-6-7-18-15(11-17)9-10-23(18)14(3)24/h5-8,11-13,22H,4,9-10H2,1-3H3,(H,20,21). The van der Waals surface area contributed by atoms with Gasteiger partial charge < -0.3 is 10.2 Å². The number of sulfonamides is 1. The van der Waals surface area contributed by atoms with E-state index in [2.05, 4.69) is 28.9 Å². The zero-order chi connectivity index (χ0) is 19.6. The third-order valence-electron chi connectivity index (χ3n) is 4.66. The molecule has 7 nitrogen and oxygen atoms in total. The molecule has 8 heteroatoms. The second-order valence-corrected chi connectivity index (χ2v) is 8.38. The summed E-state index contributed by atoms with van der Waals surface area (Å²) in [6.07, 6.45) is 3.11. The number of carbonyl (C=O) groups excluding carboxylic acids is 1. The van der Waals surface area contributed by atoms with E-state index >= 15 is 0 Å². The van der Waals surface area contributed by atoms with E-state index in [1.807, 2.05) is 0 Å². The maximum absolute atomic E-state index is 12.7. The molecule has 1 unspecified atom stereocenters. The Hall–Kier alpha value is -2.61. The van der Waals surface area contributed by atoms with Crippen molar-refractivity contribution in [3.63, 3.8) is 0 Å². The molecule has 1 aliphatic rings. The molecule has 0 aliphatic carbocycles. The van der Waals surface area contributed by atoms with Gasteiger partial charge in [0.15, 0.2) is 0 Å². The molecule has 1 atom stereocenters. The zero-order valence-electron chi connectivity index (χ0n) is 15.7. The van der Waals surface area contributed by atoms with Gasteiger partial charge in [0.05, 0.1) is 16.8 Å². The van der Waals surface area contributed by atoms with E-state index in [1.165, 1.54) is 19.2 Å². The van der Waals surface area contributed by atoms with Gasteiger partial charge in [-0.2, -0.15) is 0 Å². The number of carbonyl (C=O) groups is 1. The van der Waals surface area contributed by atoms with Crippen LogP contribution in [0.5, 0.6) is 0 Å². The minimum atomic E-state index is -3.73. The number of hydrogen-bond acceptors (Lipinski definition) is 5. The molecule has 1 aromatic heterocycles. The number of nitrogens with zero attached hydrogens (tertiary/aromatic N) is 2. The summed E-state index contributed by atoms with van der Waals surface area (Å²) in [4.78, 5) is 17.7. The highest BCUT2D eigenvalue weighted by atomic mass is 32.2. The largest absolute Gasteiger partial charge is 0.368 e. The van der Waals surface area contributed by atoms with Gasteiger partial charge in [0.25, 0.3) is 10.0 Å². The van der Waals surface area contributed by atoms with Crippen LogP contribution in [-0.4, -0.2) is 31.9 Å². The summed E-state index contributed by atoms with van der Waals surface area (Å²) >= 11 is 0. The Bertz CT molecular complexity index is 942. The topological polar surface area (TPSA) is 91.4 Å². The fourth-order valence-corrected chi connectivity index (χ4v) is 4.07. The molecule has 0 spiro atoms. The fourth-order valence-electron chi connectivity index (χ4n) is 2.98. The quantitative estimate of drug-likeness (QED) is 0.794. The zero-order valence-corrected chi connectivity index (χ0v) is 16.5. The van der Waals surface area contributed by atoms with Crippen LogP contribution < -0.4 is 14.9 Å². The molecule has 1 amide bonds. The molecule has 2 heterocycles. The molecule has 0 radical (unpaired) electrons. The minimum absolute atomic E-state index is 0.0420. The molecule has 0 saturated heterocycles. The maximum atomic E-state index is 12.7. The maximum Gasteiger partial charge on any atom is 0.261 e. The summed E-state index contributed by atoms with van der Waals surface area (Å²) in [6.45, 7) is 6.22. The van der Waals surface area contributed by atoms with Gasteiger partial charge in [-0.3, -0.25) is 9.52 Å². The highest BCUT2D eigenvalue weighted by molar-refractivity contribution is 7.92.